The van der Waals surface area contributed by atoms with Crippen LogP contribution in [0.5, 0.6) is 11.5 Å². The third-order valence-corrected chi connectivity index (χ3v) is 5.56. The molecule has 1 atom stereocenters. The largest absolute Gasteiger partial charge is 0.497 e. The van der Waals surface area contributed by atoms with Gasteiger partial charge in [-0.3, -0.25) is 9.59 Å². The highest BCUT2D eigenvalue weighted by Crippen LogP contribution is 2.18. The summed E-state index contributed by atoms with van der Waals surface area (Å²) in [6.07, 6.45) is 0. The number of amides is 2. The molecule has 0 heterocycles. The zero-order valence-electron chi connectivity index (χ0n) is 20.8. The molecule has 36 heavy (non-hydrogen) atoms. The first kappa shape index (κ1) is 26.3. The molecule has 0 spiro atoms. The summed E-state index contributed by atoms with van der Waals surface area (Å²) in [5.74, 6) is -0.327. The Bertz CT molecular complexity index is 1220. The van der Waals surface area contributed by atoms with Gasteiger partial charge in [0.05, 0.1) is 18.7 Å². The summed E-state index contributed by atoms with van der Waals surface area (Å²) in [6, 6.07) is 18.9. The maximum Gasteiger partial charge on any atom is 0.338 e. The highest BCUT2D eigenvalue weighted by atomic mass is 16.5. The van der Waals surface area contributed by atoms with Crippen molar-refractivity contribution in [3.8, 4) is 11.5 Å². The maximum atomic E-state index is 12.3. The van der Waals surface area contributed by atoms with Gasteiger partial charge in [0.2, 0.25) is 0 Å². The monoisotopic (exact) mass is 490 g/mol. The number of esters is 1. The lowest BCUT2D eigenvalue weighted by Gasteiger charge is -2.16. The van der Waals surface area contributed by atoms with Crippen LogP contribution in [0.4, 0.5) is 5.69 Å². The Morgan fingerprint density at radius 3 is 2.28 bits per heavy atom. The van der Waals surface area contributed by atoms with Gasteiger partial charge in [-0.05, 0) is 73.9 Å². The summed E-state index contributed by atoms with van der Waals surface area (Å²) >= 11 is 0. The van der Waals surface area contributed by atoms with Gasteiger partial charge >= 0.3 is 5.97 Å². The fourth-order valence-electron chi connectivity index (χ4n) is 3.35. The average molecular weight is 491 g/mol. The second-order valence-corrected chi connectivity index (χ2v) is 8.30. The van der Waals surface area contributed by atoms with Crippen molar-refractivity contribution in [1.82, 2.24) is 5.32 Å². The van der Waals surface area contributed by atoms with Crippen LogP contribution >= 0.6 is 0 Å². The number of nitrogens with one attached hydrogen (secondary N) is 2. The Morgan fingerprint density at radius 2 is 1.58 bits per heavy atom. The van der Waals surface area contributed by atoms with E-state index in [1.165, 1.54) is 17.7 Å². The highest BCUT2D eigenvalue weighted by Gasteiger charge is 2.14. The van der Waals surface area contributed by atoms with E-state index in [-0.39, 0.29) is 24.1 Å². The molecule has 8 nitrogen and oxygen atoms in total. The first-order valence-electron chi connectivity index (χ1n) is 11.5. The zero-order valence-corrected chi connectivity index (χ0v) is 20.8. The van der Waals surface area contributed by atoms with E-state index in [0.717, 1.165) is 11.1 Å². The Hall–Kier alpha value is -4.33. The Morgan fingerprint density at radius 1 is 0.833 bits per heavy atom. The lowest BCUT2D eigenvalue weighted by atomic mass is 10.0. The molecule has 0 radical (unpaired) electrons. The molecule has 2 N–H and O–H groups in total. The summed E-state index contributed by atoms with van der Waals surface area (Å²) in [5, 5.41) is 5.55. The van der Waals surface area contributed by atoms with Crippen LogP contribution in [0.2, 0.25) is 0 Å². The number of anilines is 1. The van der Waals surface area contributed by atoms with Crippen molar-refractivity contribution in [2.24, 2.45) is 0 Å². The van der Waals surface area contributed by atoms with Crippen LogP contribution in [0.3, 0.4) is 0 Å². The number of hydrogen-bond acceptors (Lipinski definition) is 6. The molecule has 8 heteroatoms. The second kappa shape index (κ2) is 12.4. The standard InChI is InChI=1S/C28H30N2O6/c1-18-8-9-22(14-19(18)2)20(3)29-26(31)17-36-28(33)21-10-12-24(13-11-21)35-16-27(32)30-23-6-5-7-25(15-23)34-4/h5-15,20H,16-17H2,1-4H3,(H,29,31)(H,30,32). The van der Waals surface area contributed by atoms with Crippen LogP contribution in [0.15, 0.2) is 66.7 Å². The Kier molecular flexibility index (Phi) is 9.05. The predicted octanol–water partition coefficient (Wildman–Crippen LogP) is 4.36. The predicted molar refractivity (Wildman–Crippen MR) is 136 cm³/mol. The number of ether oxygens (including phenoxy) is 3. The molecule has 0 aromatic heterocycles. The van der Waals surface area contributed by atoms with Gasteiger partial charge in [-0.2, -0.15) is 0 Å². The van der Waals surface area contributed by atoms with Crippen LogP contribution in [0.25, 0.3) is 0 Å². The molecule has 0 aliphatic heterocycles. The van der Waals surface area contributed by atoms with Crippen molar-refractivity contribution in [1.29, 1.82) is 0 Å². The molecule has 3 aromatic carbocycles. The quantitative estimate of drug-likeness (QED) is 0.409. The van der Waals surface area contributed by atoms with Crippen LogP contribution in [0.1, 0.15) is 40.0 Å². The normalized spacial score (nSPS) is 11.2. The van der Waals surface area contributed by atoms with E-state index in [4.69, 9.17) is 14.2 Å². The minimum Gasteiger partial charge on any atom is -0.497 e. The number of carbonyl (C=O) groups excluding carboxylic acids is 3. The second-order valence-electron chi connectivity index (χ2n) is 8.30. The number of benzene rings is 3. The van der Waals surface area contributed by atoms with Crippen LogP contribution in [-0.4, -0.2) is 38.1 Å². The smallest absolute Gasteiger partial charge is 0.338 e. The molecule has 0 bridgehead atoms. The van der Waals surface area contributed by atoms with Gasteiger partial charge in [-0.25, -0.2) is 4.79 Å². The van der Waals surface area contributed by atoms with Gasteiger partial charge < -0.3 is 24.8 Å². The van der Waals surface area contributed by atoms with E-state index < -0.39 is 18.5 Å². The Balaban J connectivity index is 1.43. The van der Waals surface area contributed by atoms with Crippen molar-refractivity contribution in [3.05, 3.63) is 89.0 Å². The van der Waals surface area contributed by atoms with Crippen molar-refractivity contribution in [2.45, 2.75) is 26.8 Å². The average Bonchev–Trinajstić information content (AvgIpc) is 2.88. The summed E-state index contributed by atoms with van der Waals surface area (Å²) in [7, 11) is 1.55. The zero-order chi connectivity index (χ0) is 26.1. The topological polar surface area (TPSA) is 103 Å². The summed E-state index contributed by atoms with van der Waals surface area (Å²) in [6.45, 7) is 5.32. The summed E-state index contributed by atoms with van der Waals surface area (Å²) in [5.41, 5.74) is 4.15. The SMILES string of the molecule is COc1cccc(NC(=O)COc2ccc(C(=O)OCC(=O)NC(C)c3ccc(C)c(C)c3)cc2)c1. The van der Waals surface area contributed by atoms with Crippen molar-refractivity contribution in [2.75, 3.05) is 25.6 Å². The van der Waals surface area contributed by atoms with Gasteiger partial charge in [-0.15, -0.1) is 0 Å². The van der Waals surface area contributed by atoms with E-state index in [9.17, 15) is 14.4 Å². The first-order valence-corrected chi connectivity index (χ1v) is 11.5. The molecule has 2 amide bonds. The van der Waals surface area contributed by atoms with Crippen molar-refractivity contribution < 1.29 is 28.6 Å². The lowest BCUT2D eigenvalue weighted by molar-refractivity contribution is -0.124. The van der Waals surface area contributed by atoms with Crippen LogP contribution in [0, 0.1) is 13.8 Å². The van der Waals surface area contributed by atoms with Crippen LogP contribution in [-0.2, 0) is 14.3 Å². The number of hydrogen-bond donors (Lipinski definition) is 2. The molecular formula is C28H30N2O6. The number of aryl methyl sites for hydroxylation is 2. The summed E-state index contributed by atoms with van der Waals surface area (Å²) in [4.78, 5) is 36.7. The minimum atomic E-state index is -0.633. The lowest BCUT2D eigenvalue weighted by Crippen LogP contribution is -2.31. The first-order chi connectivity index (χ1) is 17.2. The van der Waals surface area contributed by atoms with E-state index in [1.54, 1.807) is 43.5 Å². The molecule has 0 fully saturated rings. The molecule has 0 saturated carbocycles. The molecule has 0 saturated heterocycles. The van der Waals surface area contributed by atoms with E-state index >= 15 is 0 Å². The number of carbonyl (C=O) groups is 3. The van der Waals surface area contributed by atoms with Crippen molar-refractivity contribution >= 4 is 23.5 Å². The fourth-order valence-corrected chi connectivity index (χ4v) is 3.35. The number of methoxy groups -OCH3 is 1. The number of rotatable bonds is 10. The molecule has 1 unspecified atom stereocenters. The van der Waals surface area contributed by atoms with E-state index in [1.807, 2.05) is 39.0 Å². The molecule has 3 aromatic rings. The van der Waals surface area contributed by atoms with Gasteiger partial charge in [-0.1, -0.05) is 24.3 Å². The van der Waals surface area contributed by atoms with Crippen molar-refractivity contribution in [3.63, 3.8) is 0 Å². The van der Waals surface area contributed by atoms with Gasteiger partial charge in [0, 0.05) is 11.8 Å². The van der Waals surface area contributed by atoms with Crippen LogP contribution < -0.4 is 20.1 Å². The van der Waals surface area contributed by atoms with E-state index in [2.05, 4.69) is 10.6 Å². The van der Waals surface area contributed by atoms with E-state index in [0.29, 0.717) is 17.2 Å². The highest BCUT2D eigenvalue weighted by molar-refractivity contribution is 5.92. The van der Waals surface area contributed by atoms with Gasteiger partial charge in [0.1, 0.15) is 11.5 Å². The third-order valence-electron chi connectivity index (χ3n) is 5.56. The van der Waals surface area contributed by atoms with Gasteiger partial charge in [0.15, 0.2) is 13.2 Å². The Labute approximate surface area is 210 Å². The summed E-state index contributed by atoms with van der Waals surface area (Å²) < 4.78 is 15.7. The molecule has 3 rings (SSSR count). The fraction of sp³-hybridized carbons (Fsp3) is 0.250. The maximum absolute atomic E-state index is 12.3. The minimum absolute atomic E-state index is 0.208. The molecular weight excluding hydrogens is 460 g/mol. The molecule has 0 aliphatic rings. The molecule has 188 valence electrons. The third kappa shape index (κ3) is 7.59. The van der Waals surface area contributed by atoms with Gasteiger partial charge in [0.25, 0.3) is 11.8 Å². The molecule has 0 aliphatic carbocycles.